The zero-order valence-corrected chi connectivity index (χ0v) is 10.5. The lowest BCUT2D eigenvalue weighted by atomic mass is 9.95. The van der Waals surface area contributed by atoms with E-state index in [9.17, 15) is 27.1 Å². The van der Waals surface area contributed by atoms with Crippen LogP contribution in [0.5, 0.6) is 0 Å². The Morgan fingerprint density at radius 2 is 1.19 bits per heavy atom. The lowest BCUT2D eigenvalue weighted by Gasteiger charge is -2.21. The Balaban J connectivity index is 2.52. The monoisotopic (exact) mass is 303 g/mol. The molecule has 2 atom stereocenters. The maximum atomic E-state index is 13.6. The second-order valence-corrected chi connectivity index (χ2v) is 4.36. The van der Waals surface area contributed by atoms with Gasteiger partial charge in [0.1, 0.15) is 6.10 Å². The van der Waals surface area contributed by atoms with Crippen LogP contribution in [0.1, 0.15) is 23.3 Å². The molecule has 0 bridgehead atoms. The van der Waals surface area contributed by atoms with Gasteiger partial charge in [-0.25, -0.2) is 22.0 Å². The van der Waals surface area contributed by atoms with Crippen molar-refractivity contribution in [1.82, 2.24) is 0 Å². The van der Waals surface area contributed by atoms with E-state index in [-0.39, 0.29) is 5.56 Å². The molecule has 0 aliphatic carbocycles. The molecule has 0 heterocycles. The average molecular weight is 303 g/mol. The number of benzene rings is 2. The molecule has 2 aromatic rings. The lowest BCUT2D eigenvalue weighted by molar-refractivity contribution is 0.134. The topological polar surface area (TPSA) is 46.2 Å². The van der Waals surface area contributed by atoms with Gasteiger partial charge in [0.2, 0.25) is 5.82 Å². The maximum Gasteiger partial charge on any atom is 0.200 e. The van der Waals surface area contributed by atoms with Gasteiger partial charge in [0.15, 0.2) is 23.3 Å². The first-order valence-electron chi connectivity index (χ1n) is 5.86. The summed E-state index contributed by atoms with van der Waals surface area (Å²) in [7, 11) is 0. The summed E-state index contributed by atoms with van der Waals surface area (Å²) in [6, 6.07) is 6.32. The van der Waals surface area contributed by atoms with Crippen molar-refractivity contribution in [3.63, 3.8) is 0 Å². The molecule has 0 fully saturated rings. The SMILES string of the molecule is N[C@@H](c1ccccc1)[C@H](O)c1c(F)c(F)c(F)c(F)c1F. The van der Waals surface area contributed by atoms with Crippen molar-refractivity contribution in [2.24, 2.45) is 5.73 Å². The second-order valence-electron chi connectivity index (χ2n) is 4.36. The predicted molar refractivity (Wildman–Crippen MR) is 64.6 cm³/mol. The van der Waals surface area contributed by atoms with Crippen LogP contribution in [-0.2, 0) is 0 Å². The maximum absolute atomic E-state index is 13.6. The minimum atomic E-state index is -2.28. The summed E-state index contributed by atoms with van der Waals surface area (Å²) in [5, 5.41) is 9.88. The zero-order chi connectivity index (χ0) is 15.7. The summed E-state index contributed by atoms with van der Waals surface area (Å²) in [5.41, 5.74) is 4.57. The van der Waals surface area contributed by atoms with Gasteiger partial charge >= 0.3 is 0 Å². The van der Waals surface area contributed by atoms with Gasteiger partial charge in [0, 0.05) is 0 Å². The van der Waals surface area contributed by atoms with Gasteiger partial charge in [-0.05, 0) is 5.56 Å². The van der Waals surface area contributed by atoms with Crippen LogP contribution in [0.15, 0.2) is 30.3 Å². The number of aliphatic hydroxyl groups is 1. The predicted octanol–water partition coefficient (Wildman–Crippen LogP) is 3.12. The van der Waals surface area contributed by atoms with Crippen LogP contribution in [-0.4, -0.2) is 5.11 Å². The Labute approximate surface area is 116 Å². The fourth-order valence-electron chi connectivity index (χ4n) is 1.92. The number of rotatable bonds is 3. The Morgan fingerprint density at radius 1 is 0.762 bits per heavy atom. The van der Waals surface area contributed by atoms with Gasteiger partial charge in [0.05, 0.1) is 11.6 Å². The minimum absolute atomic E-state index is 0.286. The summed E-state index contributed by atoms with van der Waals surface area (Å²) < 4.78 is 66.4. The van der Waals surface area contributed by atoms with E-state index in [0.717, 1.165) is 0 Å². The quantitative estimate of drug-likeness (QED) is 0.520. The van der Waals surface area contributed by atoms with E-state index in [0.29, 0.717) is 0 Å². The number of hydrogen-bond acceptors (Lipinski definition) is 2. The Hall–Kier alpha value is -1.99. The molecule has 2 nitrogen and oxygen atoms in total. The molecular weight excluding hydrogens is 293 g/mol. The van der Waals surface area contributed by atoms with Crippen LogP contribution >= 0.6 is 0 Å². The number of aliphatic hydroxyl groups excluding tert-OH is 1. The summed E-state index contributed by atoms with van der Waals surface area (Å²) in [5.74, 6) is -10.7. The lowest BCUT2D eigenvalue weighted by Crippen LogP contribution is -2.23. The van der Waals surface area contributed by atoms with Crippen LogP contribution < -0.4 is 5.73 Å². The highest BCUT2D eigenvalue weighted by molar-refractivity contribution is 5.30. The van der Waals surface area contributed by atoms with Crippen molar-refractivity contribution in [3.8, 4) is 0 Å². The van der Waals surface area contributed by atoms with E-state index < -0.39 is 46.8 Å². The number of nitrogens with two attached hydrogens (primary N) is 1. The molecule has 112 valence electrons. The summed E-state index contributed by atoms with van der Waals surface area (Å²) in [6.45, 7) is 0. The Kier molecular flexibility index (Phi) is 4.24. The van der Waals surface area contributed by atoms with Crippen molar-refractivity contribution in [3.05, 3.63) is 70.5 Å². The van der Waals surface area contributed by atoms with Crippen LogP contribution in [0.2, 0.25) is 0 Å². The summed E-state index contributed by atoms with van der Waals surface area (Å²) in [6.07, 6.45) is -2.09. The van der Waals surface area contributed by atoms with Crippen molar-refractivity contribution >= 4 is 0 Å². The van der Waals surface area contributed by atoms with E-state index in [1.807, 2.05) is 0 Å². The van der Waals surface area contributed by atoms with E-state index in [1.54, 1.807) is 18.2 Å². The van der Waals surface area contributed by atoms with Gasteiger partial charge in [-0.3, -0.25) is 0 Å². The average Bonchev–Trinajstić information content (AvgIpc) is 2.51. The van der Waals surface area contributed by atoms with Gasteiger partial charge in [-0.2, -0.15) is 0 Å². The van der Waals surface area contributed by atoms with Crippen molar-refractivity contribution in [2.45, 2.75) is 12.1 Å². The number of hydrogen-bond donors (Lipinski definition) is 2. The molecule has 0 saturated heterocycles. The highest BCUT2D eigenvalue weighted by atomic mass is 19.2. The van der Waals surface area contributed by atoms with Crippen LogP contribution in [0, 0.1) is 29.1 Å². The fraction of sp³-hybridized carbons (Fsp3) is 0.143. The molecule has 0 unspecified atom stereocenters. The molecule has 0 aliphatic heterocycles. The first-order valence-corrected chi connectivity index (χ1v) is 5.86. The van der Waals surface area contributed by atoms with Crippen molar-refractivity contribution in [2.75, 3.05) is 0 Å². The molecule has 7 heteroatoms. The van der Waals surface area contributed by atoms with E-state index in [2.05, 4.69) is 0 Å². The third-order valence-electron chi connectivity index (χ3n) is 3.06. The van der Waals surface area contributed by atoms with Gasteiger partial charge in [-0.1, -0.05) is 30.3 Å². The van der Waals surface area contributed by atoms with Gasteiger partial charge < -0.3 is 10.8 Å². The number of halogens is 5. The molecule has 0 aromatic heterocycles. The summed E-state index contributed by atoms with van der Waals surface area (Å²) >= 11 is 0. The molecule has 0 saturated carbocycles. The van der Waals surface area contributed by atoms with Crippen LogP contribution in [0.25, 0.3) is 0 Å². The molecule has 0 amide bonds. The molecule has 0 spiro atoms. The first-order chi connectivity index (χ1) is 9.86. The van der Waals surface area contributed by atoms with E-state index >= 15 is 0 Å². The zero-order valence-electron chi connectivity index (χ0n) is 10.5. The third-order valence-corrected chi connectivity index (χ3v) is 3.06. The van der Waals surface area contributed by atoms with Crippen molar-refractivity contribution in [1.29, 1.82) is 0 Å². The highest BCUT2D eigenvalue weighted by Gasteiger charge is 2.32. The van der Waals surface area contributed by atoms with Crippen molar-refractivity contribution < 1.29 is 27.1 Å². The Bertz CT molecular complexity index is 633. The molecule has 0 radical (unpaired) electrons. The van der Waals surface area contributed by atoms with E-state index in [4.69, 9.17) is 5.73 Å². The van der Waals surface area contributed by atoms with E-state index in [1.165, 1.54) is 12.1 Å². The molecule has 3 N–H and O–H groups in total. The molecule has 21 heavy (non-hydrogen) atoms. The first kappa shape index (κ1) is 15.4. The van der Waals surface area contributed by atoms with Gasteiger partial charge in [-0.15, -0.1) is 0 Å². The third kappa shape index (κ3) is 2.62. The molecule has 2 aromatic carbocycles. The summed E-state index contributed by atoms with van der Waals surface area (Å²) in [4.78, 5) is 0. The molecule has 2 rings (SSSR count). The standard InChI is InChI=1S/C14H10F5NO/c15-8-7(9(16)11(18)12(19)10(8)17)14(21)13(20)6-4-2-1-3-5-6/h1-5,13-14,21H,20H2/t13-,14+/m0/s1. The van der Waals surface area contributed by atoms with Crippen LogP contribution in [0.4, 0.5) is 22.0 Å². The molecule has 0 aliphatic rings. The highest BCUT2D eigenvalue weighted by Crippen LogP contribution is 2.33. The van der Waals surface area contributed by atoms with Gasteiger partial charge in [0.25, 0.3) is 0 Å². The minimum Gasteiger partial charge on any atom is -0.386 e. The smallest absolute Gasteiger partial charge is 0.200 e. The normalized spacial score (nSPS) is 14.0. The molecular formula is C14H10F5NO. The fourth-order valence-corrected chi connectivity index (χ4v) is 1.92. The largest absolute Gasteiger partial charge is 0.386 e. The van der Waals surface area contributed by atoms with Crippen LogP contribution in [0.3, 0.4) is 0 Å². The Morgan fingerprint density at radius 3 is 1.67 bits per heavy atom. The second kappa shape index (κ2) is 5.79.